The molecule has 1 aliphatic rings. The molecule has 0 spiro atoms. The van der Waals surface area contributed by atoms with Gasteiger partial charge in [-0.15, -0.1) is 0 Å². The van der Waals surface area contributed by atoms with Gasteiger partial charge in [0, 0.05) is 36.8 Å². The van der Waals surface area contributed by atoms with E-state index in [0.717, 1.165) is 5.56 Å². The van der Waals surface area contributed by atoms with E-state index in [0.29, 0.717) is 41.1 Å². The number of aryl methyl sites for hydroxylation is 1. The highest BCUT2D eigenvalue weighted by molar-refractivity contribution is 6.05. The van der Waals surface area contributed by atoms with Crippen LogP contribution >= 0.6 is 0 Å². The highest BCUT2D eigenvalue weighted by Gasteiger charge is 2.40. The molecule has 4 rings (SSSR count). The molecule has 0 fully saturated rings. The van der Waals surface area contributed by atoms with Gasteiger partial charge in [0.25, 0.3) is 0 Å². The minimum atomic E-state index is -4.63. The summed E-state index contributed by atoms with van der Waals surface area (Å²) in [5.41, 5.74) is 1.16. The van der Waals surface area contributed by atoms with Crippen LogP contribution in [0.2, 0.25) is 0 Å². The molecule has 150 valence electrons. The van der Waals surface area contributed by atoms with E-state index in [2.05, 4.69) is 15.3 Å². The van der Waals surface area contributed by atoms with Gasteiger partial charge in [0.1, 0.15) is 5.69 Å². The Morgan fingerprint density at radius 1 is 1.31 bits per heavy atom. The largest absolute Gasteiger partial charge is 0.476 e. The Morgan fingerprint density at radius 3 is 2.83 bits per heavy atom. The SMILES string of the molecule is CCOc1ncc(C)cc1Nc1nccn2cc3c(c12)CC(=O)C=C3C(F)(F)F. The number of nitrogens with zero attached hydrogens (tertiary/aromatic N) is 3. The topological polar surface area (TPSA) is 68.5 Å². The van der Waals surface area contributed by atoms with E-state index < -0.39 is 17.5 Å². The number of hydrogen-bond donors (Lipinski definition) is 1. The first-order valence-electron chi connectivity index (χ1n) is 8.95. The number of anilines is 2. The van der Waals surface area contributed by atoms with Crippen molar-refractivity contribution in [1.82, 2.24) is 14.4 Å². The number of aromatic nitrogens is 3. The minimum absolute atomic E-state index is 0.0134. The number of ether oxygens (including phenoxy) is 1. The first-order valence-corrected chi connectivity index (χ1v) is 8.95. The van der Waals surface area contributed by atoms with Gasteiger partial charge in [0.05, 0.1) is 17.7 Å². The van der Waals surface area contributed by atoms with Crippen molar-refractivity contribution >= 4 is 28.4 Å². The third-order valence-corrected chi connectivity index (χ3v) is 4.57. The van der Waals surface area contributed by atoms with Gasteiger partial charge in [0.2, 0.25) is 5.88 Å². The first-order chi connectivity index (χ1) is 13.8. The summed E-state index contributed by atoms with van der Waals surface area (Å²) in [6.45, 7) is 4.08. The average Bonchev–Trinajstić information content (AvgIpc) is 3.02. The smallest absolute Gasteiger partial charge is 0.417 e. The lowest BCUT2D eigenvalue weighted by atomic mass is 9.92. The Bertz CT molecular complexity index is 1150. The molecule has 0 unspecified atom stereocenters. The van der Waals surface area contributed by atoms with Gasteiger partial charge in [0.15, 0.2) is 11.6 Å². The molecule has 3 aromatic rings. The van der Waals surface area contributed by atoms with Crippen LogP contribution in [0.15, 0.2) is 36.9 Å². The molecule has 3 aromatic heterocycles. The molecule has 0 aliphatic heterocycles. The van der Waals surface area contributed by atoms with Crippen LogP contribution < -0.4 is 10.1 Å². The van der Waals surface area contributed by atoms with Crippen LogP contribution in [-0.4, -0.2) is 32.9 Å². The van der Waals surface area contributed by atoms with Crippen LogP contribution in [-0.2, 0) is 11.2 Å². The minimum Gasteiger partial charge on any atom is -0.476 e. The summed E-state index contributed by atoms with van der Waals surface area (Å²) in [7, 11) is 0. The third kappa shape index (κ3) is 3.43. The van der Waals surface area contributed by atoms with Crippen molar-refractivity contribution in [3.8, 4) is 5.88 Å². The fraction of sp³-hybridized carbons (Fsp3) is 0.250. The molecular formula is C20H17F3N4O2. The number of hydrogen-bond acceptors (Lipinski definition) is 5. The predicted molar refractivity (Wildman–Crippen MR) is 101 cm³/mol. The van der Waals surface area contributed by atoms with E-state index in [1.165, 1.54) is 12.4 Å². The fourth-order valence-electron chi connectivity index (χ4n) is 3.42. The van der Waals surface area contributed by atoms with Crippen molar-refractivity contribution in [2.75, 3.05) is 11.9 Å². The molecule has 0 saturated carbocycles. The second-order valence-electron chi connectivity index (χ2n) is 6.68. The number of fused-ring (bicyclic) bond motifs is 3. The maximum atomic E-state index is 13.5. The van der Waals surface area contributed by atoms with Crippen LogP contribution in [0.5, 0.6) is 5.88 Å². The van der Waals surface area contributed by atoms with E-state index in [4.69, 9.17) is 4.74 Å². The molecule has 0 atom stereocenters. The zero-order chi connectivity index (χ0) is 20.8. The van der Waals surface area contributed by atoms with Crippen LogP contribution in [0.1, 0.15) is 23.6 Å². The Kier molecular flexibility index (Phi) is 4.52. The number of halogens is 3. The molecule has 0 bridgehead atoms. The van der Waals surface area contributed by atoms with Crippen molar-refractivity contribution in [3.63, 3.8) is 0 Å². The third-order valence-electron chi connectivity index (χ3n) is 4.57. The van der Waals surface area contributed by atoms with Gasteiger partial charge in [-0.3, -0.25) is 4.79 Å². The van der Waals surface area contributed by atoms with Crippen LogP contribution in [0.25, 0.3) is 11.1 Å². The van der Waals surface area contributed by atoms with Gasteiger partial charge >= 0.3 is 6.18 Å². The zero-order valence-electron chi connectivity index (χ0n) is 15.7. The summed E-state index contributed by atoms with van der Waals surface area (Å²) >= 11 is 0. The molecule has 6 nitrogen and oxygen atoms in total. The highest BCUT2D eigenvalue weighted by Crippen LogP contribution is 2.41. The van der Waals surface area contributed by atoms with Crippen molar-refractivity contribution in [1.29, 1.82) is 0 Å². The molecule has 9 heteroatoms. The normalized spacial score (nSPS) is 14.0. The maximum absolute atomic E-state index is 13.5. The first kappa shape index (κ1) is 19.0. The zero-order valence-corrected chi connectivity index (χ0v) is 15.7. The van der Waals surface area contributed by atoms with Gasteiger partial charge in [-0.25, -0.2) is 9.97 Å². The lowest BCUT2D eigenvalue weighted by Gasteiger charge is -2.17. The number of carbonyl (C=O) groups is 1. The van der Waals surface area contributed by atoms with E-state index in [9.17, 15) is 18.0 Å². The number of allylic oxidation sites excluding steroid dienone is 2. The van der Waals surface area contributed by atoms with Crippen molar-refractivity contribution in [3.05, 3.63) is 53.6 Å². The summed E-state index contributed by atoms with van der Waals surface area (Å²) in [6.07, 6.45) is 1.97. The fourth-order valence-corrected chi connectivity index (χ4v) is 3.42. The Balaban J connectivity index is 1.87. The van der Waals surface area contributed by atoms with Gasteiger partial charge in [-0.2, -0.15) is 13.2 Å². The van der Waals surface area contributed by atoms with E-state index in [-0.39, 0.29) is 12.0 Å². The summed E-state index contributed by atoms with van der Waals surface area (Å²) in [4.78, 5) is 20.6. The quantitative estimate of drug-likeness (QED) is 0.707. The number of pyridine rings is 1. The lowest BCUT2D eigenvalue weighted by molar-refractivity contribution is -0.114. The monoisotopic (exact) mass is 402 g/mol. The van der Waals surface area contributed by atoms with Crippen molar-refractivity contribution < 1.29 is 22.7 Å². The van der Waals surface area contributed by atoms with Gasteiger partial charge in [-0.1, -0.05) is 0 Å². The van der Waals surface area contributed by atoms with Crippen LogP contribution in [0.3, 0.4) is 0 Å². The summed E-state index contributed by atoms with van der Waals surface area (Å²) < 4.78 is 47.5. The number of nitrogens with one attached hydrogen (secondary N) is 1. The van der Waals surface area contributed by atoms with E-state index >= 15 is 0 Å². The number of ketones is 1. The molecule has 0 aromatic carbocycles. The molecule has 0 radical (unpaired) electrons. The van der Waals surface area contributed by atoms with E-state index in [1.807, 2.05) is 19.9 Å². The molecular weight excluding hydrogens is 385 g/mol. The second kappa shape index (κ2) is 6.91. The Labute approximate surface area is 164 Å². The van der Waals surface area contributed by atoms with Crippen molar-refractivity contribution in [2.45, 2.75) is 26.4 Å². The molecule has 0 saturated heterocycles. The standard InChI is InChI=1S/C20H17F3N4O2/c1-3-29-19-16(6-11(2)9-25-19)26-18-17-13-7-12(28)8-15(20(21,22)23)14(13)10-27(17)5-4-24-18/h4-6,8-10H,3,7H2,1-2H3,(H,24,26). The summed E-state index contributed by atoms with van der Waals surface area (Å²) in [6, 6.07) is 1.81. The second-order valence-corrected chi connectivity index (χ2v) is 6.68. The van der Waals surface area contributed by atoms with E-state index in [1.54, 1.807) is 16.8 Å². The van der Waals surface area contributed by atoms with Crippen LogP contribution in [0, 0.1) is 6.92 Å². The Morgan fingerprint density at radius 2 is 2.10 bits per heavy atom. The number of rotatable bonds is 4. The van der Waals surface area contributed by atoms with Crippen LogP contribution in [0.4, 0.5) is 24.7 Å². The van der Waals surface area contributed by atoms with Crippen molar-refractivity contribution in [2.24, 2.45) is 0 Å². The number of carbonyl (C=O) groups excluding carboxylic acids is 1. The predicted octanol–water partition coefficient (Wildman–Crippen LogP) is 4.25. The summed E-state index contributed by atoms with van der Waals surface area (Å²) in [5.74, 6) is 0.0764. The van der Waals surface area contributed by atoms with Gasteiger partial charge < -0.3 is 14.5 Å². The Hall–Kier alpha value is -3.36. The average molecular weight is 402 g/mol. The van der Waals surface area contributed by atoms with Gasteiger partial charge in [-0.05, 0) is 37.1 Å². The molecule has 29 heavy (non-hydrogen) atoms. The maximum Gasteiger partial charge on any atom is 0.417 e. The molecule has 1 aliphatic carbocycles. The molecule has 3 heterocycles. The number of alkyl halides is 3. The molecule has 1 N–H and O–H groups in total. The summed E-state index contributed by atoms with van der Waals surface area (Å²) in [5, 5.41) is 3.11. The highest BCUT2D eigenvalue weighted by atomic mass is 19.4. The lowest BCUT2D eigenvalue weighted by Crippen LogP contribution is -2.18. The molecule has 0 amide bonds.